The van der Waals surface area contributed by atoms with Gasteiger partial charge in [0.15, 0.2) is 18.9 Å². The second kappa shape index (κ2) is 19.2. The molecule has 0 unspecified atom stereocenters. The van der Waals surface area contributed by atoms with E-state index in [-0.39, 0.29) is 38.1 Å². The molecular formula is C32H62N8O13. The Morgan fingerprint density at radius 3 is 2.09 bits per heavy atom. The van der Waals surface area contributed by atoms with Crippen molar-refractivity contribution in [1.82, 2.24) is 10.6 Å². The Hall–Kier alpha value is -1.29. The minimum atomic E-state index is -1.64. The number of carbonyl (C=O) groups is 1. The average Bonchev–Trinajstić information content (AvgIpc) is 3.41. The third-order valence-corrected chi connectivity index (χ3v) is 11.0. The van der Waals surface area contributed by atoms with Gasteiger partial charge in [0.25, 0.3) is 0 Å². The number of hydrogen-bond donors (Lipinski definition) is 14. The second-order valence-corrected chi connectivity index (χ2v) is 15.1. The fraction of sp³-hybridized carbons (Fsp3) is 0.969. The van der Waals surface area contributed by atoms with Crippen LogP contribution in [0.1, 0.15) is 38.5 Å². The quantitative estimate of drug-likeness (QED) is 0.0693. The molecule has 3 saturated heterocycles. The highest BCUT2D eigenvalue weighted by Gasteiger charge is 2.54. The van der Waals surface area contributed by atoms with Gasteiger partial charge in [-0.3, -0.25) is 4.79 Å². The summed E-state index contributed by atoms with van der Waals surface area (Å²) in [6, 6.07) is -3.50. The van der Waals surface area contributed by atoms with E-state index in [1.165, 1.54) is 0 Å². The number of amides is 1. The van der Waals surface area contributed by atoms with E-state index in [0.717, 1.165) is 19.4 Å². The van der Waals surface area contributed by atoms with Gasteiger partial charge in [-0.1, -0.05) is 0 Å². The van der Waals surface area contributed by atoms with Gasteiger partial charge in [0.1, 0.15) is 61.0 Å². The molecule has 20 N–H and O–H groups in total. The minimum absolute atomic E-state index is 0.00425. The van der Waals surface area contributed by atoms with Gasteiger partial charge in [-0.05, 0) is 57.5 Å². The zero-order chi connectivity index (χ0) is 38.6. The van der Waals surface area contributed by atoms with Gasteiger partial charge >= 0.3 is 0 Å². The molecule has 2 aliphatic carbocycles. The smallest absolute Gasteiger partial charge is 0.249 e. The Balaban J connectivity index is 1.30. The van der Waals surface area contributed by atoms with Crippen LogP contribution in [-0.2, 0) is 33.2 Å². The average molecular weight is 767 g/mol. The summed E-state index contributed by atoms with van der Waals surface area (Å²) < 4.78 is 36.3. The van der Waals surface area contributed by atoms with Crippen LogP contribution in [0, 0.1) is 5.92 Å². The van der Waals surface area contributed by atoms with Crippen molar-refractivity contribution >= 4 is 5.91 Å². The number of nitrogens with two attached hydrogens (primary N) is 6. The Morgan fingerprint density at radius 2 is 1.43 bits per heavy atom. The summed E-state index contributed by atoms with van der Waals surface area (Å²) in [7, 11) is 0. The molecule has 1 amide bonds. The molecule has 53 heavy (non-hydrogen) atoms. The number of nitrogens with one attached hydrogen (secondary N) is 2. The van der Waals surface area contributed by atoms with Gasteiger partial charge < -0.3 is 104 Å². The fourth-order valence-electron chi connectivity index (χ4n) is 7.71. The molecule has 21 heteroatoms. The Bertz CT molecular complexity index is 1150. The summed E-state index contributed by atoms with van der Waals surface area (Å²) in [5, 5.41) is 70.3. The van der Waals surface area contributed by atoms with Gasteiger partial charge in [-0.2, -0.15) is 0 Å². The molecule has 5 rings (SSSR count). The van der Waals surface area contributed by atoms with E-state index in [4.69, 9.17) is 62.8 Å². The third-order valence-electron chi connectivity index (χ3n) is 11.0. The molecule has 0 spiro atoms. The molecule has 18 atom stereocenters. The lowest BCUT2D eigenvalue weighted by atomic mass is 9.81. The molecule has 21 nitrogen and oxygen atoms in total. The number of ether oxygens (including phenoxy) is 6. The molecule has 308 valence electrons. The predicted molar refractivity (Wildman–Crippen MR) is 184 cm³/mol. The van der Waals surface area contributed by atoms with Crippen LogP contribution in [0.3, 0.4) is 0 Å². The van der Waals surface area contributed by atoms with Gasteiger partial charge in [0.05, 0.1) is 30.8 Å². The Morgan fingerprint density at radius 1 is 0.755 bits per heavy atom. The van der Waals surface area contributed by atoms with Crippen LogP contribution in [-0.4, -0.2) is 186 Å². The lowest BCUT2D eigenvalue weighted by molar-refractivity contribution is -0.290. The van der Waals surface area contributed by atoms with Gasteiger partial charge in [0.2, 0.25) is 5.91 Å². The molecule has 5 aliphatic rings. The summed E-state index contributed by atoms with van der Waals surface area (Å²) in [6.45, 7) is 0.580. The van der Waals surface area contributed by atoms with Crippen molar-refractivity contribution < 1.29 is 63.9 Å². The van der Waals surface area contributed by atoms with Crippen LogP contribution in [0.4, 0.5) is 0 Å². The molecule has 3 heterocycles. The maximum atomic E-state index is 12.8. The molecule has 0 aromatic rings. The monoisotopic (exact) mass is 766 g/mol. The zero-order valence-electron chi connectivity index (χ0n) is 29.8. The lowest BCUT2D eigenvalue weighted by Crippen LogP contribution is -2.67. The topological polar surface area (TPSA) is 374 Å². The van der Waals surface area contributed by atoms with Crippen LogP contribution in [0.2, 0.25) is 0 Å². The highest BCUT2D eigenvalue weighted by Crippen LogP contribution is 2.35. The molecule has 3 aliphatic heterocycles. The molecule has 0 radical (unpaired) electrons. The maximum Gasteiger partial charge on any atom is 0.249 e. The van der Waals surface area contributed by atoms with E-state index < -0.39 is 117 Å². The summed E-state index contributed by atoms with van der Waals surface area (Å²) in [5.74, 6) is -0.259. The van der Waals surface area contributed by atoms with Crippen LogP contribution in [0.25, 0.3) is 0 Å². The van der Waals surface area contributed by atoms with E-state index in [1.807, 2.05) is 0 Å². The first-order valence-electron chi connectivity index (χ1n) is 18.6. The van der Waals surface area contributed by atoms with Crippen molar-refractivity contribution in [3.8, 4) is 0 Å². The Labute approximate surface area is 308 Å². The summed E-state index contributed by atoms with van der Waals surface area (Å²) >= 11 is 0. The highest BCUT2D eigenvalue weighted by molar-refractivity contribution is 5.80. The van der Waals surface area contributed by atoms with Crippen molar-refractivity contribution in [2.24, 2.45) is 40.3 Å². The minimum Gasteiger partial charge on any atom is -0.394 e. The molecule has 0 bridgehead atoms. The molecule has 0 aromatic carbocycles. The molecular weight excluding hydrogens is 704 g/mol. The molecule has 5 fully saturated rings. The summed E-state index contributed by atoms with van der Waals surface area (Å²) in [5.41, 5.74) is 36.2. The van der Waals surface area contributed by atoms with E-state index in [2.05, 4.69) is 10.6 Å². The normalized spacial score (nSPS) is 46.8. The first-order valence-corrected chi connectivity index (χ1v) is 18.6. The summed E-state index contributed by atoms with van der Waals surface area (Å²) in [4.78, 5) is 12.8. The van der Waals surface area contributed by atoms with Crippen LogP contribution >= 0.6 is 0 Å². The number of aliphatic hydroxyl groups is 6. The number of aliphatic hydroxyl groups excluding tert-OH is 6. The Kier molecular flexibility index (Phi) is 15.6. The highest BCUT2D eigenvalue weighted by atomic mass is 16.8. The number of hydrogen-bond acceptors (Lipinski definition) is 20. The summed E-state index contributed by atoms with van der Waals surface area (Å²) in [6.07, 6.45) is -14.5. The van der Waals surface area contributed by atoms with Crippen molar-refractivity contribution in [1.29, 1.82) is 0 Å². The number of carbonyl (C=O) groups excluding carboxylic acids is 1. The molecule has 0 aromatic heterocycles. The second-order valence-electron chi connectivity index (χ2n) is 15.1. The van der Waals surface area contributed by atoms with E-state index >= 15 is 0 Å². The van der Waals surface area contributed by atoms with E-state index in [1.54, 1.807) is 0 Å². The third kappa shape index (κ3) is 10.2. The maximum absolute atomic E-state index is 12.8. The van der Waals surface area contributed by atoms with Crippen LogP contribution in [0.15, 0.2) is 0 Å². The predicted octanol–water partition coefficient (Wildman–Crippen LogP) is -7.60. The number of rotatable bonds is 16. The van der Waals surface area contributed by atoms with Gasteiger partial charge in [-0.15, -0.1) is 0 Å². The lowest BCUT2D eigenvalue weighted by Gasteiger charge is -2.46. The SMILES string of the molecule is NCC[C@H](O)C(=O)N[C@@H]1C[C@H](N)[C@@H](O[C@H]2O[C@H](CNCC3CC(N)C3)CC[C@H]2N)[C@H](O[C@@H]2O[C@H](CO)[C@@H](O[C@H]3O[C@@H](CN)[C@@H](O)[C@H](O)[C@H]3N)[C@H]2O)[C@H]1O. The van der Waals surface area contributed by atoms with Crippen molar-refractivity contribution in [3.05, 3.63) is 0 Å². The molecule has 2 saturated carbocycles. The van der Waals surface area contributed by atoms with Crippen molar-refractivity contribution in [2.45, 2.75) is 155 Å². The van der Waals surface area contributed by atoms with Crippen LogP contribution in [0.5, 0.6) is 0 Å². The standard InChI is InChI=1S/C32H62N8O13/c33-4-3-18(42)29(47)40-17-7-16(37)26(51-30-15(36)2-1-14(48-30)10-39-9-12-5-13(35)6-12)28(22(17)43)53-32-25(46)27(20(11-41)50-32)52-31-21(38)24(45)23(44)19(8-34)49-31/h12-28,30-32,39,41-46H,1-11,33-38H2,(H,40,47)/t12?,13?,14-,15+,16-,17+,18-,19-,20+,21+,22-,23+,24+,25+,26+,27+,28+,30+,31+,32-/m0/s1. The first kappa shape index (κ1) is 42.8. The van der Waals surface area contributed by atoms with Gasteiger partial charge in [0, 0.05) is 25.2 Å². The van der Waals surface area contributed by atoms with E-state index in [0.29, 0.717) is 25.3 Å². The van der Waals surface area contributed by atoms with E-state index in [9.17, 15) is 35.4 Å². The fourth-order valence-corrected chi connectivity index (χ4v) is 7.71. The van der Waals surface area contributed by atoms with Gasteiger partial charge in [-0.25, -0.2) is 0 Å². The van der Waals surface area contributed by atoms with Crippen molar-refractivity contribution in [2.75, 3.05) is 32.8 Å². The largest absolute Gasteiger partial charge is 0.394 e. The first-order chi connectivity index (χ1) is 25.3. The van der Waals surface area contributed by atoms with Crippen LogP contribution < -0.4 is 45.0 Å². The van der Waals surface area contributed by atoms with Crippen molar-refractivity contribution in [3.63, 3.8) is 0 Å². The zero-order valence-corrected chi connectivity index (χ0v) is 29.8.